The third-order valence-corrected chi connectivity index (χ3v) is 3.19. The number of thiophene rings is 1. The summed E-state index contributed by atoms with van der Waals surface area (Å²) in [5.74, 6) is 0. The maximum Gasteiger partial charge on any atom is 0.101 e. The van der Waals surface area contributed by atoms with Gasteiger partial charge in [-0.05, 0) is 25.5 Å². The molecule has 2 aromatic rings. The molecular weight excluding hydrogens is 252 g/mol. The SMILES string of the molecule is CC.CC.CC.Cc1cc2ncc(C#N)c(C)c2s1. The highest BCUT2D eigenvalue weighted by Gasteiger charge is 2.06. The Kier molecular flexibility index (Phi) is 12.2. The summed E-state index contributed by atoms with van der Waals surface area (Å²) in [7, 11) is 0. The van der Waals surface area contributed by atoms with Gasteiger partial charge in [0.25, 0.3) is 0 Å². The zero-order chi connectivity index (χ0) is 15.4. The highest BCUT2D eigenvalue weighted by molar-refractivity contribution is 7.19. The summed E-state index contributed by atoms with van der Waals surface area (Å²) in [6.07, 6.45) is 1.64. The number of hydrogen-bond acceptors (Lipinski definition) is 3. The summed E-state index contributed by atoms with van der Waals surface area (Å²) < 4.78 is 1.14. The largest absolute Gasteiger partial charge is 0.254 e. The van der Waals surface area contributed by atoms with Crippen LogP contribution < -0.4 is 0 Å². The molecule has 2 nitrogen and oxygen atoms in total. The fourth-order valence-electron chi connectivity index (χ4n) is 1.33. The zero-order valence-corrected chi connectivity index (χ0v) is 14.3. The van der Waals surface area contributed by atoms with E-state index in [1.807, 2.05) is 54.5 Å². The van der Waals surface area contributed by atoms with E-state index in [0.717, 1.165) is 15.8 Å². The van der Waals surface area contributed by atoms with Crippen molar-refractivity contribution in [2.24, 2.45) is 0 Å². The van der Waals surface area contributed by atoms with Crippen LogP contribution in [0.15, 0.2) is 12.3 Å². The van der Waals surface area contributed by atoms with E-state index >= 15 is 0 Å². The summed E-state index contributed by atoms with van der Waals surface area (Å²) in [5, 5.41) is 8.80. The normalized spacial score (nSPS) is 7.95. The minimum atomic E-state index is 0.675. The molecular formula is C16H26N2S. The molecule has 0 amide bonds. The van der Waals surface area contributed by atoms with Crippen molar-refractivity contribution < 1.29 is 0 Å². The van der Waals surface area contributed by atoms with Crippen LogP contribution in [0, 0.1) is 25.2 Å². The maximum absolute atomic E-state index is 8.80. The van der Waals surface area contributed by atoms with Gasteiger partial charge in [0.05, 0.1) is 15.8 Å². The predicted octanol–water partition coefficient (Wildman–Crippen LogP) is 5.86. The minimum Gasteiger partial charge on any atom is -0.254 e. The van der Waals surface area contributed by atoms with Crippen molar-refractivity contribution in [3.63, 3.8) is 0 Å². The predicted molar refractivity (Wildman–Crippen MR) is 87.9 cm³/mol. The van der Waals surface area contributed by atoms with E-state index in [0.29, 0.717) is 5.56 Å². The van der Waals surface area contributed by atoms with Crippen molar-refractivity contribution in [3.05, 3.63) is 28.3 Å². The second-order valence-corrected chi connectivity index (χ2v) is 4.24. The molecule has 0 N–H and O–H groups in total. The van der Waals surface area contributed by atoms with Crippen LogP contribution in [0.3, 0.4) is 0 Å². The molecule has 0 aliphatic rings. The molecule has 0 saturated heterocycles. The van der Waals surface area contributed by atoms with Gasteiger partial charge < -0.3 is 0 Å². The topological polar surface area (TPSA) is 36.7 Å². The molecule has 3 heteroatoms. The van der Waals surface area contributed by atoms with Crippen LogP contribution >= 0.6 is 11.3 Å². The number of nitriles is 1. The van der Waals surface area contributed by atoms with Gasteiger partial charge in [-0.15, -0.1) is 11.3 Å². The summed E-state index contributed by atoms with van der Waals surface area (Å²) in [5.41, 5.74) is 2.72. The van der Waals surface area contributed by atoms with E-state index in [9.17, 15) is 0 Å². The first-order valence-electron chi connectivity index (χ1n) is 6.98. The molecule has 0 aliphatic carbocycles. The summed E-state index contributed by atoms with van der Waals surface area (Å²) >= 11 is 1.69. The first-order chi connectivity index (χ1) is 9.22. The summed E-state index contributed by atoms with van der Waals surface area (Å²) in [4.78, 5) is 5.46. The standard InChI is InChI=1S/C10H8N2S.3C2H6/c1-6-3-9-10(13-6)7(2)8(4-11)5-12-9;3*1-2/h3,5H,1-2H3;3*1-2H3. The molecule has 0 spiro atoms. The van der Waals surface area contributed by atoms with Crippen molar-refractivity contribution in [3.8, 4) is 6.07 Å². The van der Waals surface area contributed by atoms with Gasteiger partial charge in [-0.1, -0.05) is 41.5 Å². The second kappa shape index (κ2) is 11.7. The summed E-state index contributed by atoms with van der Waals surface area (Å²) in [6, 6.07) is 4.19. The lowest BCUT2D eigenvalue weighted by molar-refractivity contribution is 1.33. The van der Waals surface area contributed by atoms with Gasteiger partial charge in [-0.3, -0.25) is 4.98 Å². The van der Waals surface area contributed by atoms with Gasteiger partial charge in [-0.25, -0.2) is 0 Å². The smallest absolute Gasteiger partial charge is 0.101 e. The molecule has 2 heterocycles. The molecule has 2 rings (SSSR count). The van der Waals surface area contributed by atoms with Crippen LogP contribution in [-0.2, 0) is 0 Å². The number of pyridine rings is 1. The Hall–Kier alpha value is -1.40. The highest BCUT2D eigenvalue weighted by atomic mass is 32.1. The van der Waals surface area contributed by atoms with Crippen molar-refractivity contribution >= 4 is 21.6 Å². The quantitative estimate of drug-likeness (QED) is 0.605. The van der Waals surface area contributed by atoms with Gasteiger partial charge in [0, 0.05) is 11.1 Å². The molecule has 0 atom stereocenters. The molecule has 0 fully saturated rings. The molecule has 0 bridgehead atoms. The molecule has 0 aromatic carbocycles. The maximum atomic E-state index is 8.80. The Balaban J connectivity index is 0. The van der Waals surface area contributed by atoms with Crippen molar-refractivity contribution in [2.75, 3.05) is 0 Å². The van der Waals surface area contributed by atoms with Crippen LogP contribution in [0.2, 0.25) is 0 Å². The number of fused-ring (bicyclic) bond motifs is 1. The number of aryl methyl sites for hydroxylation is 2. The first kappa shape index (κ1) is 19.9. The third kappa shape index (κ3) is 5.40. The third-order valence-electron chi connectivity index (χ3n) is 2.03. The molecule has 19 heavy (non-hydrogen) atoms. The number of hydrogen-bond donors (Lipinski definition) is 0. The number of aromatic nitrogens is 1. The van der Waals surface area contributed by atoms with E-state index in [4.69, 9.17) is 5.26 Å². The first-order valence-corrected chi connectivity index (χ1v) is 7.80. The molecule has 2 aromatic heterocycles. The van der Waals surface area contributed by atoms with Gasteiger partial charge in [0.1, 0.15) is 6.07 Å². The van der Waals surface area contributed by atoms with Crippen LogP contribution in [0.1, 0.15) is 57.5 Å². The Morgan fingerprint density at radius 3 is 2.05 bits per heavy atom. The molecule has 106 valence electrons. The van der Waals surface area contributed by atoms with Crippen molar-refractivity contribution in [1.29, 1.82) is 5.26 Å². The fourth-order valence-corrected chi connectivity index (χ4v) is 2.30. The van der Waals surface area contributed by atoms with Crippen molar-refractivity contribution in [1.82, 2.24) is 4.98 Å². The van der Waals surface area contributed by atoms with Crippen LogP contribution in [0.25, 0.3) is 10.2 Å². The Bertz CT molecular complexity index is 507. The van der Waals surface area contributed by atoms with Gasteiger partial charge in [0.2, 0.25) is 0 Å². The number of rotatable bonds is 0. The number of nitrogens with zero attached hydrogens (tertiary/aromatic N) is 2. The minimum absolute atomic E-state index is 0.675. The van der Waals surface area contributed by atoms with Gasteiger partial charge >= 0.3 is 0 Å². The molecule has 0 aliphatic heterocycles. The molecule has 0 saturated carbocycles. The average Bonchev–Trinajstić information content (AvgIpc) is 2.87. The zero-order valence-electron chi connectivity index (χ0n) is 13.5. The Morgan fingerprint density at radius 1 is 1.05 bits per heavy atom. The summed E-state index contributed by atoms with van der Waals surface area (Å²) in [6.45, 7) is 16.0. The monoisotopic (exact) mass is 278 g/mol. The highest BCUT2D eigenvalue weighted by Crippen LogP contribution is 2.27. The van der Waals surface area contributed by atoms with E-state index in [2.05, 4.69) is 18.0 Å². The van der Waals surface area contributed by atoms with E-state index in [1.165, 1.54) is 4.88 Å². The van der Waals surface area contributed by atoms with Crippen molar-refractivity contribution in [2.45, 2.75) is 55.4 Å². The lowest BCUT2D eigenvalue weighted by atomic mass is 10.1. The van der Waals surface area contributed by atoms with Gasteiger partial charge in [0.15, 0.2) is 0 Å². The lowest BCUT2D eigenvalue weighted by Gasteiger charge is -1.96. The van der Waals surface area contributed by atoms with E-state index in [1.54, 1.807) is 17.5 Å². The molecule has 0 unspecified atom stereocenters. The lowest BCUT2D eigenvalue weighted by Crippen LogP contribution is -1.84. The Labute approximate surface area is 122 Å². The van der Waals surface area contributed by atoms with E-state index in [-0.39, 0.29) is 0 Å². The van der Waals surface area contributed by atoms with Gasteiger partial charge in [-0.2, -0.15) is 5.26 Å². The van der Waals surface area contributed by atoms with E-state index < -0.39 is 0 Å². The second-order valence-electron chi connectivity index (χ2n) is 2.98. The Morgan fingerprint density at radius 2 is 1.58 bits per heavy atom. The molecule has 0 radical (unpaired) electrons. The van der Waals surface area contributed by atoms with Crippen LogP contribution in [-0.4, -0.2) is 4.98 Å². The average molecular weight is 278 g/mol. The fraction of sp³-hybridized carbons (Fsp3) is 0.500. The van der Waals surface area contributed by atoms with Crippen LogP contribution in [0.4, 0.5) is 0 Å². The van der Waals surface area contributed by atoms with Crippen LogP contribution in [0.5, 0.6) is 0 Å².